The highest BCUT2D eigenvalue weighted by Gasteiger charge is 2.19. The predicted octanol–water partition coefficient (Wildman–Crippen LogP) is 10.4. The minimum absolute atomic E-state index is 0. The van der Waals surface area contributed by atoms with Gasteiger partial charge in [-0.1, -0.05) is 83.1 Å². The zero-order valence-electron chi connectivity index (χ0n) is 42.1. The van der Waals surface area contributed by atoms with Crippen LogP contribution in [-0.4, -0.2) is 180 Å². The van der Waals surface area contributed by atoms with E-state index in [0.717, 1.165) is 118 Å². The number of carbonyl (C=O) groups is 2. The van der Waals surface area contributed by atoms with E-state index >= 15 is 0 Å². The van der Waals surface area contributed by atoms with E-state index in [1.807, 2.05) is 4.90 Å². The lowest BCUT2D eigenvalue weighted by Gasteiger charge is -2.32. The van der Waals surface area contributed by atoms with Crippen LogP contribution in [0.15, 0.2) is 0 Å². The number of ether oxygens (including phenoxy) is 4. The van der Waals surface area contributed by atoms with Gasteiger partial charge in [-0.25, -0.2) is 0 Å². The number of nitrogens with zero attached hydrogens (tertiary/aromatic N) is 5. The Morgan fingerprint density at radius 2 is 1.02 bits per heavy atom. The molecule has 0 N–H and O–H groups in total. The minimum Gasteiger partial charge on any atom is -0.379 e. The normalized spacial score (nSPS) is 18.7. The van der Waals surface area contributed by atoms with Crippen LogP contribution in [-0.2, 0) is 28.5 Å². The summed E-state index contributed by atoms with van der Waals surface area (Å²) in [4.78, 5) is 34.7. The van der Waals surface area contributed by atoms with Crippen LogP contribution in [0.25, 0.3) is 0 Å². The van der Waals surface area contributed by atoms with Crippen LogP contribution < -0.4 is 0 Å². The van der Waals surface area contributed by atoms with Gasteiger partial charge in [-0.15, -0.1) is 0 Å². The second kappa shape index (κ2) is 43.1. The van der Waals surface area contributed by atoms with Gasteiger partial charge in [0.15, 0.2) is 0 Å². The van der Waals surface area contributed by atoms with Crippen LogP contribution in [0.3, 0.4) is 0 Å². The highest BCUT2D eigenvalue weighted by atomic mass is 16.5. The molecule has 64 heavy (non-hydrogen) atoms. The fourth-order valence-electron chi connectivity index (χ4n) is 7.70. The van der Waals surface area contributed by atoms with Crippen molar-refractivity contribution in [2.75, 3.05) is 125 Å². The fourth-order valence-corrected chi connectivity index (χ4v) is 7.70. The zero-order valence-corrected chi connectivity index (χ0v) is 42.1. The SMILES string of the molecule is C.C.C.CC(C)CC(=O)CCN1CCCCC1.CC(C)CCC(=O)N1CCN(C)CC1.CC(C)COC1CCCC1.CC(C)OCCN1CCCC1.CC(C)OCCN1CCOCC1. The molecule has 0 spiro atoms. The van der Waals surface area contributed by atoms with E-state index in [2.05, 4.69) is 95.9 Å². The number of carbonyl (C=O) groups excluding carboxylic acids is 2. The van der Waals surface area contributed by atoms with Gasteiger partial charge in [-0.05, 0) is 124 Å². The number of rotatable bonds is 19. The van der Waals surface area contributed by atoms with E-state index in [9.17, 15) is 9.59 Å². The Bertz CT molecular complexity index is 1010. The van der Waals surface area contributed by atoms with E-state index < -0.39 is 0 Å². The number of likely N-dealkylation sites (N-methyl/N-ethyl adjacent to an activating group) is 1. The van der Waals surface area contributed by atoms with Gasteiger partial charge in [0.2, 0.25) is 5.91 Å². The number of piperazine rings is 1. The summed E-state index contributed by atoms with van der Waals surface area (Å²) in [5.41, 5.74) is 0. The third kappa shape index (κ3) is 39.9. The first kappa shape index (κ1) is 67.1. The first-order valence-electron chi connectivity index (χ1n) is 25.2. The average molecular weight is 917 g/mol. The highest BCUT2D eigenvalue weighted by molar-refractivity contribution is 5.78. The summed E-state index contributed by atoms with van der Waals surface area (Å²) in [5.74, 6) is 2.62. The summed E-state index contributed by atoms with van der Waals surface area (Å²) < 4.78 is 21.8. The molecule has 0 unspecified atom stereocenters. The Morgan fingerprint density at radius 3 is 1.47 bits per heavy atom. The van der Waals surface area contributed by atoms with Crippen LogP contribution in [0.4, 0.5) is 0 Å². The van der Waals surface area contributed by atoms with Crippen LogP contribution in [0.5, 0.6) is 0 Å². The molecule has 0 radical (unpaired) electrons. The molecule has 0 aromatic rings. The fraction of sp³-hybridized carbons (Fsp3) is 0.962. The summed E-state index contributed by atoms with van der Waals surface area (Å²) >= 11 is 0. The lowest BCUT2D eigenvalue weighted by atomic mass is 10.0. The molecule has 0 aromatic heterocycles. The van der Waals surface area contributed by atoms with E-state index in [1.165, 1.54) is 84.0 Å². The van der Waals surface area contributed by atoms with E-state index in [-0.39, 0.29) is 22.3 Å². The molecule has 386 valence electrons. The quantitative estimate of drug-likeness (QED) is 0.125. The molecular weight excluding hydrogens is 803 g/mol. The topological polar surface area (TPSA) is 87.3 Å². The van der Waals surface area contributed by atoms with E-state index in [1.54, 1.807) is 0 Å². The minimum atomic E-state index is 0. The number of ketones is 1. The van der Waals surface area contributed by atoms with Crippen molar-refractivity contribution in [2.24, 2.45) is 17.8 Å². The third-order valence-corrected chi connectivity index (χ3v) is 11.6. The lowest BCUT2D eigenvalue weighted by molar-refractivity contribution is -0.133. The average Bonchev–Trinajstić information content (AvgIpc) is 3.96. The van der Waals surface area contributed by atoms with Crippen molar-refractivity contribution in [1.82, 2.24) is 24.5 Å². The number of piperidine rings is 1. The standard InChI is InChI=1S/C12H23NO.C11H22N2O.C9H19NO2.C9H19NO.C9H18O.3CH4/c1-11(2)10-12(14)6-9-13-7-4-3-5-8-13;1-10(2)4-5-11(14)13-8-6-12(3)7-9-13;1-9(2)12-8-5-10-3-6-11-7-4-10;1-9(2)11-8-7-10-5-3-4-6-10;1-8(2)7-10-9-5-3-4-6-9;;;/h11H,3-10H2,1-2H3;10H,4-9H2,1-3H3;9H,3-8H2,1-2H3;9H,3-8H2,1-2H3;8-9H,3-7H2,1-2H3;3*1H4. The largest absolute Gasteiger partial charge is 0.379 e. The van der Waals surface area contributed by atoms with Crippen molar-refractivity contribution in [3.63, 3.8) is 0 Å². The van der Waals surface area contributed by atoms with Gasteiger partial charge in [0.1, 0.15) is 5.78 Å². The van der Waals surface area contributed by atoms with Crippen molar-refractivity contribution in [1.29, 1.82) is 0 Å². The second-order valence-corrected chi connectivity index (χ2v) is 19.9. The second-order valence-electron chi connectivity index (χ2n) is 19.9. The first-order chi connectivity index (χ1) is 29.1. The number of likely N-dealkylation sites (tertiary alicyclic amines) is 2. The first-order valence-corrected chi connectivity index (χ1v) is 25.2. The molecule has 4 saturated heterocycles. The Kier molecular flexibility index (Phi) is 45.2. The lowest BCUT2D eigenvalue weighted by Crippen LogP contribution is -2.47. The molecule has 1 aliphatic carbocycles. The van der Waals surface area contributed by atoms with Crippen molar-refractivity contribution in [3.8, 4) is 0 Å². The highest BCUT2D eigenvalue weighted by Crippen LogP contribution is 2.21. The zero-order chi connectivity index (χ0) is 45.3. The monoisotopic (exact) mass is 916 g/mol. The van der Waals surface area contributed by atoms with Crippen molar-refractivity contribution < 1.29 is 28.5 Å². The van der Waals surface area contributed by atoms with Crippen LogP contribution in [0.2, 0.25) is 0 Å². The van der Waals surface area contributed by atoms with Gasteiger partial charge < -0.3 is 38.5 Å². The summed E-state index contributed by atoms with van der Waals surface area (Å²) in [7, 11) is 2.11. The van der Waals surface area contributed by atoms with Gasteiger partial charge >= 0.3 is 0 Å². The van der Waals surface area contributed by atoms with Crippen LogP contribution in [0.1, 0.15) is 175 Å². The molecular formula is C53H113N5O6. The molecule has 4 aliphatic heterocycles. The van der Waals surface area contributed by atoms with Gasteiger partial charge in [0.25, 0.3) is 0 Å². The molecule has 11 heteroatoms. The Morgan fingerprint density at radius 1 is 0.547 bits per heavy atom. The number of morpholine rings is 1. The maximum atomic E-state index is 11.7. The molecule has 11 nitrogen and oxygen atoms in total. The number of Topliss-reactive ketones (excluding diaryl/α,β-unsaturated/α-hetero) is 1. The summed E-state index contributed by atoms with van der Waals surface area (Å²) in [6, 6.07) is 0. The number of amides is 1. The Labute approximate surface area is 399 Å². The van der Waals surface area contributed by atoms with Crippen molar-refractivity contribution in [3.05, 3.63) is 0 Å². The van der Waals surface area contributed by atoms with E-state index in [0.29, 0.717) is 47.8 Å². The molecule has 0 aromatic carbocycles. The van der Waals surface area contributed by atoms with Gasteiger partial charge in [-0.2, -0.15) is 0 Å². The molecule has 5 fully saturated rings. The summed E-state index contributed by atoms with van der Waals surface area (Å²) in [6.07, 6.45) is 16.7. The summed E-state index contributed by atoms with van der Waals surface area (Å²) in [6.45, 7) is 39.8. The summed E-state index contributed by atoms with van der Waals surface area (Å²) in [5, 5.41) is 0. The van der Waals surface area contributed by atoms with Crippen LogP contribution >= 0.6 is 0 Å². The molecule has 4 heterocycles. The van der Waals surface area contributed by atoms with Gasteiger partial charge in [-0.3, -0.25) is 14.5 Å². The Hall–Kier alpha value is -1.18. The molecule has 1 saturated carbocycles. The van der Waals surface area contributed by atoms with E-state index in [4.69, 9.17) is 18.9 Å². The van der Waals surface area contributed by atoms with Crippen molar-refractivity contribution in [2.45, 2.75) is 193 Å². The van der Waals surface area contributed by atoms with Crippen LogP contribution in [0, 0.1) is 17.8 Å². The third-order valence-electron chi connectivity index (χ3n) is 11.6. The van der Waals surface area contributed by atoms with Gasteiger partial charge in [0.05, 0.1) is 44.7 Å². The molecule has 5 rings (SSSR count). The maximum absolute atomic E-state index is 11.7. The number of hydrogen-bond acceptors (Lipinski definition) is 10. The molecule has 5 aliphatic rings. The van der Waals surface area contributed by atoms with Gasteiger partial charge in [0, 0.05) is 84.8 Å². The predicted molar refractivity (Wildman–Crippen MR) is 276 cm³/mol. The maximum Gasteiger partial charge on any atom is 0.222 e. The molecule has 0 bridgehead atoms. The molecule has 1 amide bonds. The molecule has 0 atom stereocenters. The number of hydrogen-bond donors (Lipinski definition) is 0. The Balaban J connectivity index is -0.000000722. The van der Waals surface area contributed by atoms with Crippen molar-refractivity contribution >= 4 is 11.7 Å². The smallest absolute Gasteiger partial charge is 0.222 e.